The fraction of sp³-hybridized carbons (Fsp3) is 0.500. The lowest BCUT2D eigenvalue weighted by atomic mass is 9.72. The van der Waals surface area contributed by atoms with Crippen molar-refractivity contribution >= 4 is 30.3 Å². The Kier molecular flexibility index (Phi) is 5.16. The minimum absolute atomic E-state index is 0.132. The molecule has 0 spiro atoms. The van der Waals surface area contributed by atoms with E-state index in [9.17, 15) is 14.6 Å². The summed E-state index contributed by atoms with van der Waals surface area (Å²) in [6.07, 6.45) is 0.669. The van der Waals surface area contributed by atoms with Crippen LogP contribution in [-0.2, 0) is 20.7 Å². The highest BCUT2D eigenvalue weighted by Gasteiger charge is 2.36. The highest BCUT2D eigenvalue weighted by Crippen LogP contribution is 2.19. The number of hydrogen-bond acceptors (Lipinski definition) is 5. The van der Waals surface area contributed by atoms with E-state index in [1.54, 1.807) is 0 Å². The molecule has 0 aromatic carbocycles. The van der Waals surface area contributed by atoms with Gasteiger partial charge < -0.3 is 20.1 Å². The molecule has 0 unspecified atom stereocenters. The number of hydrogen-bond donors (Lipinski definition) is 3. The van der Waals surface area contributed by atoms with Crippen LogP contribution in [0, 0.1) is 0 Å². The van der Waals surface area contributed by atoms with Gasteiger partial charge in [-0.3, -0.25) is 9.59 Å². The fourth-order valence-electron chi connectivity index (χ4n) is 2.19. The van der Waals surface area contributed by atoms with Gasteiger partial charge >= 0.3 is 13.1 Å². The van der Waals surface area contributed by atoms with Crippen LogP contribution < -0.4 is 5.32 Å². The van der Waals surface area contributed by atoms with Gasteiger partial charge in [-0.15, -0.1) is 11.3 Å². The first-order valence-corrected chi connectivity index (χ1v) is 7.29. The van der Waals surface area contributed by atoms with E-state index in [1.807, 2.05) is 17.5 Å². The standard InChI is InChI=1S/C12H16BNO5S/c15-11(7-9-2-1-5-20-9)14-10-4-3-8(6-12(16)17)19-13(10)18/h1-2,5,8,10,18H,3-4,6-7H2,(H,14,15)(H,16,17)/t8-,10+/m1/s1. The Bertz CT molecular complexity index is 466. The number of carboxylic acid groups (broad SMARTS) is 1. The lowest BCUT2D eigenvalue weighted by molar-refractivity contribution is -0.139. The van der Waals surface area contributed by atoms with Crippen molar-refractivity contribution in [3.8, 4) is 0 Å². The lowest BCUT2D eigenvalue weighted by Crippen LogP contribution is -2.53. The third kappa shape index (κ3) is 4.33. The molecule has 0 radical (unpaired) electrons. The minimum Gasteiger partial charge on any atom is -0.481 e. The lowest BCUT2D eigenvalue weighted by Gasteiger charge is -2.30. The van der Waals surface area contributed by atoms with Crippen molar-refractivity contribution in [3.05, 3.63) is 22.4 Å². The molecule has 2 rings (SSSR count). The largest absolute Gasteiger partial charge is 0.481 e. The number of nitrogens with one attached hydrogen (secondary N) is 1. The van der Waals surface area contributed by atoms with Gasteiger partial charge in [-0.2, -0.15) is 0 Å². The Hall–Kier alpha value is -1.38. The first kappa shape index (κ1) is 15.0. The highest BCUT2D eigenvalue weighted by molar-refractivity contribution is 7.10. The van der Waals surface area contributed by atoms with Crippen LogP contribution in [0.4, 0.5) is 0 Å². The van der Waals surface area contributed by atoms with Crippen molar-refractivity contribution in [1.82, 2.24) is 5.32 Å². The maximum atomic E-state index is 11.8. The smallest absolute Gasteiger partial charge is 0.478 e. The summed E-state index contributed by atoms with van der Waals surface area (Å²) in [4.78, 5) is 23.4. The van der Waals surface area contributed by atoms with E-state index in [4.69, 9.17) is 9.76 Å². The topological polar surface area (TPSA) is 95.9 Å². The Morgan fingerprint density at radius 1 is 1.50 bits per heavy atom. The number of amides is 1. The average molecular weight is 297 g/mol. The summed E-state index contributed by atoms with van der Waals surface area (Å²) in [6.45, 7) is 0. The summed E-state index contributed by atoms with van der Waals surface area (Å²) in [5.41, 5.74) is 0. The molecule has 1 fully saturated rings. The Balaban J connectivity index is 1.79. The predicted octanol–water partition coefficient (Wildman–Crippen LogP) is 0.449. The van der Waals surface area contributed by atoms with Gasteiger partial charge in [0.2, 0.25) is 5.91 Å². The van der Waals surface area contributed by atoms with E-state index in [1.165, 1.54) is 11.3 Å². The average Bonchev–Trinajstić information content (AvgIpc) is 2.84. The van der Waals surface area contributed by atoms with Crippen molar-refractivity contribution in [2.45, 2.75) is 37.7 Å². The summed E-state index contributed by atoms with van der Waals surface area (Å²) in [5, 5.41) is 23.1. The van der Waals surface area contributed by atoms with Gasteiger partial charge in [-0.25, -0.2) is 0 Å². The van der Waals surface area contributed by atoms with Gasteiger partial charge in [0.15, 0.2) is 0 Å². The van der Waals surface area contributed by atoms with E-state index in [-0.39, 0.29) is 18.7 Å². The van der Waals surface area contributed by atoms with E-state index in [0.717, 1.165) is 4.88 Å². The molecule has 2 heterocycles. The summed E-state index contributed by atoms with van der Waals surface area (Å²) in [5.74, 6) is -1.60. The molecule has 108 valence electrons. The highest BCUT2D eigenvalue weighted by atomic mass is 32.1. The summed E-state index contributed by atoms with van der Waals surface area (Å²) in [6, 6.07) is 3.75. The van der Waals surface area contributed by atoms with E-state index in [2.05, 4.69) is 5.32 Å². The number of aliphatic carboxylic acids is 1. The maximum Gasteiger partial charge on any atom is 0.478 e. The van der Waals surface area contributed by atoms with E-state index in [0.29, 0.717) is 12.8 Å². The zero-order chi connectivity index (χ0) is 14.5. The van der Waals surface area contributed by atoms with Crippen molar-refractivity contribution in [2.24, 2.45) is 0 Å². The normalized spacial score (nSPS) is 22.6. The number of thiophene rings is 1. The van der Waals surface area contributed by atoms with E-state index < -0.39 is 25.1 Å². The maximum absolute atomic E-state index is 11.8. The monoisotopic (exact) mass is 297 g/mol. The molecule has 1 aliphatic rings. The molecule has 3 N–H and O–H groups in total. The van der Waals surface area contributed by atoms with Crippen LogP contribution in [0.25, 0.3) is 0 Å². The summed E-state index contributed by atoms with van der Waals surface area (Å²) in [7, 11) is -1.15. The molecule has 6 nitrogen and oxygen atoms in total. The molecule has 1 aromatic rings. The molecule has 1 aromatic heterocycles. The van der Waals surface area contributed by atoms with E-state index >= 15 is 0 Å². The van der Waals surface area contributed by atoms with Crippen molar-refractivity contribution in [2.75, 3.05) is 0 Å². The number of carbonyl (C=O) groups is 2. The molecule has 0 bridgehead atoms. The number of carboxylic acids is 1. The first-order valence-electron chi connectivity index (χ1n) is 6.41. The molecule has 20 heavy (non-hydrogen) atoms. The Labute approximate surface area is 120 Å². The molecular formula is C12H16BNO5S. The molecular weight excluding hydrogens is 281 g/mol. The number of carbonyl (C=O) groups excluding carboxylic acids is 1. The minimum atomic E-state index is -1.15. The zero-order valence-electron chi connectivity index (χ0n) is 10.8. The molecule has 1 saturated heterocycles. The SMILES string of the molecule is O=C(O)C[C@H]1CC[C@H](NC(=O)Cc2cccs2)B(O)O1. The van der Waals surface area contributed by atoms with Gasteiger partial charge in [0.25, 0.3) is 0 Å². The van der Waals surface area contributed by atoms with Crippen LogP contribution in [0.3, 0.4) is 0 Å². The second-order valence-corrected chi connectivity index (χ2v) is 5.79. The third-order valence-electron chi connectivity index (χ3n) is 3.14. The molecule has 2 atom stereocenters. The Morgan fingerprint density at radius 3 is 2.90 bits per heavy atom. The Morgan fingerprint density at radius 2 is 2.30 bits per heavy atom. The van der Waals surface area contributed by atoms with Gasteiger partial charge in [-0.1, -0.05) is 6.07 Å². The van der Waals surface area contributed by atoms with Crippen LogP contribution in [0.5, 0.6) is 0 Å². The van der Waals surface area contributed by atoms with Gasteiger partial charge in [0.1, 0.15) is 0 Å². The summed E-state index contributed by atoms with van der Waals surface area (Å²) >= 11 is 1.50. The van der Waals surface area contributed by atoms with Crippen LogP contribution >= 0.6 is 11.3 Å². The quantitative estimate of drug-likeness (QED) is 0.686. The van der Waals surface area contributed by atoms with Crippen molar-refractivity contribution in [1.29, 1.82) is 0 Å². The fourth-order valence-corrected chi connectivity index (χ4v) is 2.89. The zero-order valence-corrected chi connectivity index (χ0v) is 11.6. The van der Waals surface area contributed by atoms with Crippen molar-refractivity contribution < 1.29 is 24.4 Å². The second kappa shape index (κ2) is 6.87. The van der Waals surface area contributed by atoms with Crippen LogP contribution in [-0.4, -0.2) is 41.2 Å². The van der Waals surface area contributed by atoms with Gasteiger partial charge in [0, 0.05) is 4.88 Å². The molecule has 1 aliphatic heterocycles. The molecule has 1 amide bonds. The number of rotatable bonds is 5. The van der Waals surface area contributed by atoms with Crippen LogP contribution in [0.2, 0.25) is 0 Å². The molecule has 0 saturated carbocycles. The molecule has 0 aliphatic carbocycles. The third-order valence-corrected chi connectivity index (χ3v) is 4.02. The predicted molar refractivity (Wildman–Crippen MR) is 74.3 cm³/mol. The first-order chi connectivity index (χ1) is 9.54. The summed E-state index contributed by atoms with van der Waals surface area (Å²) < 4.78 is 5.21. The molecule has 8 heteroatoms. The van der Waals surface area contributed by atoms with Gasteiger partial charge in [-0.05, 0) is 24.3 Å². The van der Waals surface area contributed by atoms with Crippen LogP contribution in [0.15, 0.2) is 17.5 Å². The van der Waals surface area contributed by atoms with Crippen LogP contribution in [0.1, 0.15) is 24.1 Å². The van der Waals surface area contributed by atoms with Gasteiger partial charge in [0.05, 0.1) is 24.9 Å². The van der Waals surface area contributed by atoms with Crippen molar-refractivity contribution in [3.63, 3.8) is 0 Å². The second-order valence-electron chi connectivity index (χ2n) is 4.75.